The molecule has 0 saturated carbocycles. The number of aromatic nitrogens is 1. The Labute approximate surface area is 201 Å². The van der Waals surface area contributed by atoms with Crippen molar-refractivity contribution in [3.05, 3.63) is 51.1 Å². The standard InChI is InChI=1S/C23H26ClN3O4S2/c1-25-23-26(2)22(29)21(32-23)15-7-10-27(11-8-15)20(28)9-12-33(30,31)19-6-4-16-13-18(24)5-3-17(16)14-19/h3-6,13-15,29H,7-12H2,1-2H3. The molecule has 1 fully saturated rings. The minimum Gasteiger partial charge on any atom is -0.494 e. The van der Waals surface area contributed by atoms with Crippen LogP contribution in [0.5, 0.6) is 5.88 Å². The molecule has 1 N–H and O–H groups in total. The number of hydrogen-bond acceptors (Lipinski definition) is 6. The lowest BCUT2D eigenvalue weighted by Gasteiger charge is -2.31. The van der Waals surface area contributed by atoms with E-state index in [1.807, 2.05) is 0 Å². The summed E-state index contributed by atoms with van der Waals surface area (Å²) in [6.07, 6.45) is 1.40. The van der Waals surface area contributed by atoms with Crippen LogP contribution in [0.4, 0.5) is 0 Å². The lowest BCUT2D eigenvalue weighted by molar-refractivity contribution is -0.131. The number of halogens is 1. The lowest BCUT2D eigenvalue weighted by atomic mass is 9.95. The van der Waals surface area contributed by atoms with E-state index in [9.17, 15) is 18.3 Å². The summed E-state index contributed by atoms with van der Waals surface area (Å²) in [4.78, 5) is 20.5. The van der Waals surface area contributed by atoms with Crippen molar-refractivity contribution in [3.8, 4) is 5.88 Å². The van der Waals surface area contributed by atoms with Gasteiger partial charge < -0.3 is 10.0 Å². The average molecular weight is 508 g/mol. The second-order valence-corrected chi connectivity index (χ2v) is 11.8. The number of benzene rings is 2. The minimum absolute atomic E-state index is 0.0519. The highest BCUT2D eigenvalue weighted by Gasteiger charge is 2.28. The maximum absolute atomic E-state index is 12.8. The molecule has 1 aromatic heterocycles. The van der Waals surface area contributed by atoms with Gasteiger partial charge in [0.25, 0.3) is 0 Å². The summed E-state index contributed by atoms with van der Waals surface area (Å²) in [6.45, 7) is 1.08. The molecule has 1 amide bonds. The Morgan fingerprint density at radius 1 is 1.18 bits per heavy atom. The zero-order valence-corrected chi connectivity index (χ0v) is 20.9. The van der Waals surface area contributed by atoms with E-state index in [0.717, 1.165) is 33.3 Å². The van der Waals surface area contributed by atoms with Gasteiger partial charge in [-0.1, -0.05) is 35.1 Å². The number of piperidine rings is 1. The second-order valence-electron chi connectivity index (χ2n) is 8.23. The van der Waals surface area contributed by atoms with Crippen molar-refractivity contribution in [1.29, 1.82) is 0 Å². The first-order chi connectivity index (χ1) is 15.7. The molecule has 0 spiro atoms. The normalized spacial score (nSPS) is 16.0. The van der Waals surface area contributed by atoms with Gasteiger partial charge in [0, 0.05) is 44.5 Å². The minimum atomic E-state index is -3.58. The van der Waals surface area contributed by atoms with Gasteiger partial charge in [-0.25, -0.2) is 8.42 Å². The number of hydrogen-bond donors (Lipinski definition) is 1. The Morgan fingerprint density at radius 3 is 2.52 bits per heavy atom. The number of sulfone groups is 1. The van der Waals surface area contributed by atoms with E-state index >= 15 is 0 Å². The molecule has 0 bridgehead atoms. The fourth-order valence-electron chi connectivity index (χ4n) is 4.21. The van der Waals surface area contributed by atoms with Crippen molar-refractivity contribution < 1.29 is 18.3 Å². The molecule has 7 nitrogen and oxygen atoms in total. The number of aromatic hydroxyl groups is 1. The molecule has 0 atom stereocenters. The molecule has 2 heterocycles. The first-order valence-electron chi connectivity index (χ1n) is 10.7. The summed E-state index contributed by atoms with van der Waals surface area (Å²) in [7, 11) is -0.113. The SMILES string of the molecule is CN=c1sc(C2CCN(C(=O)CCS(=O)(=O)c3ccc4cc(Cl)ccc4c3)CC2)c(O)n1C. The van der Waals surface area contributed by atoms with Gasteiger partial charge in [-0.2, -0.15) is 0 Å². The van der Waals surface area contributed by atoms with Crippen LogP contribution in [-0.4, -0.2) is 54.8 Å². The summed E-state index contributed by atoms with van der Waals surface area (Å²) in [5.74, 6) is 0.00726. The lowest BCUT2D eigenvalue weighted by Crippen LogP contribution is -2.38. The Hall–Kier alpha value is -2.36. The fraction of sp³-hybridized carbons (Fsp3) is 0.391. The molecule has 2 aromatic carbocycles. The Morgan fingerprint density at radius 2 is 1.85 bits per heavy atom. The van der Waals surface area contributed by atoms with Gasteiger partial charge in [0.2, 0.25) is 11.8 Å². The predicted molar refractivity (Wildman–Crippen MR) is 131 cm³/mol. The number of rotatable bonds is 5. The highest BCUT2D eigenvalue weighted by molar-refractivity contribution is 7.91. The van der Waals surface area contributed by atoms with Crippen LogP contribution in [0.3, 0.4) is 0 Å². The van der Waals surface area contributed by atoms with Gasteiger partial charge >= 0.3 is 0 Å². The molecule has 1 saturated heterocycles. The molecule has 10 heteroatoms. The highest BCUT2D eigenvalue weighted by atomic mass is 35.5. The third-order valence-electron chi connectivity index (χ3n) is 6.15. The van der Waals surface area contributed by atoms with Gasteiger partial charge in [-0.3, -0.25) is 14.4 Å². The smallest absolute Gasteiger partial charge is 0.223 e. The van der Waals surface area contributed by atoms with Gasteiger partial charge in [0.1, 0.15) is 0 Å². The van der Waals surface area contributed by atoms with Gasteiger partial charge in [0.05, 0.1) is 15.5 Å². The summed E-state index contributed by atoms with van der Waals surface area (Å²) >= 11 is 7.47. The van der Waals surface area contributed by atoms with E-state index in [1.165, 1.54) is 11.3 Å². The molecule has 3 aromatic rings. The maximum Gasteiger partial charge on any atom is 0.223 e. The fourth-order valence-corrected chi connectivity index (χ4v) is 6.79. The third kappa shape index (κ3) is 4.95. The summed E-state index contributed by atoms with van der Waals surface area (Å²) in [5, 5.41) is 12.6. The molecule has 0 radical (unpaired) electrons. The monoisotopic (exact) mass is 507 g/mol. The van der Waals surface area contributed by atoms with Crippen LogP contribution in [0.2, 0.25) is 5.02 Å². The molecule has 176 valence electrons. The molecule has 0 unspecified atom stereocenters. The number of likely N-dealkylation sites (tertiary alicyclic amines) is 1. The molecule has 4 rings (SSSR count). The number of carbonyl (C=O) groups is 1. The zero-order valence-electron chi connectivity index (χ0n) is 18.5. The maximum atomic E-state index is 12.8. The molecule has 1 aliphatic heterocycles. The summed E-state index contributed by atoms with van der Waals surface area (Å²) in [5.41, 5.74) is 0. The Balaban J connectivity index is 1.37. The van der Waals surface area contributed by atoms with Crippen LogP contribution in [0.1, 0.15) is 30.1 Å². The van der Waals surface area contributed by atoms with Crippen LogP contribution < -0.4 is 4.80 Å². The third-order valence-corrected chi connectivity index (χ3v) is 9.48. The quantitative estimate of drug-likeness (QED) is 0.570. The van der Waals surface area contributed by atoms with Gasteiger partial charge in [-0.15, -0.1) is 0 Å². The number of carbonyl (C=O) groups excluding carboxylic acids is 1. The number of thiazole rings is 1. The zero-order chi connectivity index (χ0) is 23.8. The first-order valence-corrected chi connectivity index (χ1v) is 13.6. The van der Waals surface area contributed by atoms with E-state index < -0.39 is 9.84 Å². The van der Waals surface area contributed by atoms with Gasteiger partial charge in [-0.05, 0) is 47.9 Å². The second kappa shape index (κ2) is 9.48. The molecule has 0 aliphatic carbocycles. The van der Waals surface area contributed by atoms with Gasteiger partial charge in [0.15, 0.2) is 14.6 Å². The molecule has 33 heavy (non-hydrogen) atoms. The number of fused-ring (bicyclic) bond motifs is 1. The summed E-state index contributed by atoms with van der Waals surface area (Å²) in [6, 6.07) is 10.2. The topological polar surface area (TPSA) is 92.0 Å². The van der Waals surface area contributed by atoms with E-state index in [0.29, 0.717) is 18.1 Å². The van der Waals surface area contributed by atoms with Crippen molar-refractivity contribution in [3.63, 3.8) is 0 Å². The van der Waals surface area contributed by atoms with E-state index in [1.54, 1.807) is 60.0 Å². The summed E-state index contributed by atoms with van der Waals surface area (Å²) < 4.78 is 27.3. The van der Waals surface area contributed by atoms with Crippen LogP contribution >= 0.6 is 22.9 Å². The first kappa shape index (κ1) is 23.8. The largest absolute Gasteiger partial charge is 0.494 e. The van der Waals surface area contributed by atoms with Crippen molar-refractivity contribution in [1.82, 2.24) is 9.47 Å². The van der Waals surface area contributed by atoms with Crippen LogP contribution in [-0.2, 0) is 21.7 Å². The van der Waals surface area contributed by atoms with Crippen molar-refractivity contribution >= 4 is 49.5 Å². The van der Waals surface area contributed by atoms with E-state index in [4.69, 9.17) is 11.6 Å². The van der Waals surface area contributed by atoms with E-state index in [-0.39, 0.29) is 34.8 Å². The van der Waals surface area contributed by atoms with Crippen molar-refractivity contribution in [2.75, 3.05) is 25.9 Å². The number of amides is 1. The van der Waals surface area contributed by atoms with Crippen LogP contribution in [0.15, 0.2) is 46.3 Å². The van der Waals surface area contributed by atoms with E-state index in [2.05, 4.69) is 4.99 Å². The Kier molecular flexibility index (Phi) is 6.83. The Bertz CT molecular complexity index is 1370. The van der Waals surface area contributed by atoms with Crippen molar-refractivity contribution in [2.45, 2.75) is 30.1 Å². The molecular formula is C23H26ClN3O4S2. The van der Waals surface area contributed by atoms with Crippen LogP contribution in [0.25, 0.3) is 10.8 Å². The van der Waals surface area contributed by atoms with Crippen LogP contribution in [0, 0.1) is 0 Å². The molecular weight excluding hydrogens is 482 g/mol. The highest BCUT2D eigenvalue weighted by Crippen LogP contribution is 2.35. The molecule has 1 aliphatic rings. The van der Waals surface area contributed by atoms with Crippen molar-refractivity contribution in [2.24, 2.45) is 12.0 Å². The number of nitrogens with zero attached hydrogens (tertiary/aromatic N) is 3. The average Bonchev–Trinajstić information content (AvgIpc) is 3.11. The predicted octanol–water partition coefficient (Wildman–Crippen LogP) is 3.70.